The summed E-state index contributed by atoms with van der Waals surface area (Å²) in [5, 5.41) is 0.531. The minimum Gasteiger partial charge on any atom is -0.328 e. The quantitative estimate of drug-likeness (QED) is 0.816. The molecule has 13 heavy (non-hydrogen) atoms. The molecule has 1 aromatic heterocycles. The SMILES string of the molecule is CC(N)Cc1cnc(C(C)(C)F)s1. The highest BCUT2D eigenvalue weighted by Gasteiger charge is 2.22. The van der Waals surface area contributed by atoms with Crippen LogP contribution in [0.5, 0.6) is 0 Å². The van der Waals surface area contributed by atoms with E-state index in [1.807, 2.05) is 6.92 Å². The average Bonchev–Trinajstić information content (AvgIpc) is 2.32. The molecular formula is C9H15FN2S. The summed E-state index contributed by atoms with van der Waals surface area (Å²) in [4.78, 5) is 5.08. The zero-order valence-electron chi connectivity index (χ0n) is 8.17. The third-order valence-electron chi connectivity index (χ3n) is 1.59. The van der Waals surface area contributed by atoms with Crippen LogP contribution in [0.2, 0.25) is 0 Å². The number of rotatable bonds is 3. The summed E-state index contributed by atoms with van der Waals surface area (Å²) in [5.74, 6) is 0. The van der Waals surface area contributed by atoms with Gasteiger partial charge in [0.2, 0.25) is 0 Å². The topological polar surface area (TPSA) is 38.9 Å². The van der Waals surface area contributed by atoms with E-state index in [1.165, 1.54) is 25.2 Å². The second-order valence-corrected chi connectivity index (χ2v) is 4.90. The summed E-state index contributed by atoms with van der Waals surface area (Å²) in [5.41, 5.74) is 4.30. The van der Waals surface area contributed by atoms with Gasteiger partial charge in [-0.25, -0.2) is 9.37 Å². The first-order valence-corrected chi connectivity index (χ1v) is 5.11. The molecule has 0 aromatic carbocycles. The van der Waals surface area contributed by atoms with E-state index in [-0.39, 0.29) is 6.04 Å². The van der Waals surface area contributed by atoms with Crippen LogP contribution < -0.4 is 5.73 Å². The summed E-state index contributed by atoms with van der Waals surface area (Å²) >= 11 is 1.40. The van der Waals surface area contributed by atoms with Crippen LogP contribution in [0.3, 0.4) is 0 Å². The van der Waals surface area contributed by atoms with Crippen molar-refractivity contribution in [2.24, 2.45) is 5.73 Å². The minimum absolute atomic E-state index is 0.107. The number of nitrogens with two attached hydrogens (primary N) is 1. The lowest BCUT2D eigenvalue weighted by Crippen LogP contribution is -2.16. The van der Waals surface area contributed by atoms with E-state index in [2.05, 4.69) is 4.98 Å². The van der Waals surface area contributed by atoms with E-state index in [1.54, 1.807) is 6.20 Å². The van der Waals surface area contributed by atoms with Crippen molar-refractivity contribution in [3.8, 4) is 0 Å². The van der Waals surface area contributed by atoms with E-state index in [0.29, 0.717) is 5.01 Å². The monoisotopic (exact) mass is 202 g/mol. The number of aromatic nitrogens is 1. The molecule has 1 atom stereocenters. The van der Waals surface area contributed by atoms with Gasteiger partial charge in [-0.2, -0.15) is 0 Å². The Balaban J connectivity index is 2.75. The Kier molecular flexibility index (Phi) is 3.03. The highest BCUT2D eigenvalue weighted by molar-refractivity contribution is 7.11. The number of alkyl halides is 1. The maximum absolute atomic E-state index is 13.4. The molecule has 0 bridgehead atoms. The summed E-state index contributed by atoms with van der Waals surface area (Å²) in [6.07, 6.45) is 2.48. The van der Waals surface area contributed by atoms with Crippen LogP contribution in [0.1, 0.15) is 30.7 Å². The van der Waals surface area contributed by atoms with Gasteiger partial charge in [0, 0.05) is 17.1 Å². The maximum Gasteiger partial charge on any atom is 0.156 e. The van der Waals surface area contributed by atoms with Crippen LogP contribution in [0.15, 0.2) is 6.20 Å². The van der Waals surface area contributed by atoms with Gasteiger partial charge in [-0.15, -0.1) is 11.3 Å². The fourth-order valence-corrected chi connectivity index (χ4v) is 2.04. The smallest absolute Gasteiger partial charge is 0.156 e. The molecule has 4 heteroatoms. The van der Waals surface area contributed by atoms with Gasteiger partial charge in [-0.3, -0.25) is 0 Å². The van der Waals surface area contributed by atoms with Crippen molar-refractivity contribution >= 4 is 11.3 Å². The molecule has 1 rings (SSSR count). The number of hydrogen-bond donors (Lipinski definition) is 1. The number of hydrogen-bond acceptors (Lipinski definition) is 3. The summed E-state index contributed by atoms with van der Waals surface area (Å²) < 4.78 is 13.4. The minimum atomic E-state index is -1.33. The molecule has 0 spiro atoms. The summed E-state index contributed by atoms with van der Waals surface area (Å²) in [6.45, 7) is 4.96. The normalized spacial score (nSPS) is 14.5. The number of thiazole rings is 1. The Hall–Kier alpha value is -0.480. The van der Waals surface area contributed by atoms with E-state index in [0.717, 1.165) is 11.3 Å². The molecule has 2 nitrogen and oxygen atoms in total. The molecule has 1 heterocycles. The number of nitrogens with zero attached hydrogens (tertiary/aromatic N) is 1. The van der Waals surface area contributed by atoms with E-state index < -0.39 is 5.67 Å². The Morgan fingerprint density at radius 3 is 2.69 bits per heavy atom. The van der Waals surface area contributed by atoms with Crippen LogP contribution in [-0.2, 0) is 12.1 Å². The molecule has 0 aliphatic heterocycles. The summed E-state index contributed by atoms with van der Waals surface area (Å²) in [7, 11) is 0. The van der Waals surface area contributed by atoms with Crippen LogP contribution in [0, 0.1) is 0 Å². The molecule has 0 saturated carbocycles. The van der Waals surface area contributed by atoms with Gasteiger partial charge in [0.05, 0.1) is 0 Å². The second kappa shape index (κ2) is 3.72. The molecule has 0 radical (unpaired) electrons. The fraction of sp³-hybridized carbons (Fsp3) is 0.667. The zero-order chi connectivity index (χ0) is 10.1. The Morgan fingerprint density at radius 1 is 1.69 bits per heavy atom. The van der Waals surface area contributed by atoms with Gasteiger partial charge < -0.3 is 5.73 Å². The van der Waals surface area contributed by atoms with Gasteiger partial charge in [-0.05, 0) is 27.2 Å². The molecule has 0 aliphatic carbocycles. The van der Waals surface area contributed by atoms with Crippen molar-refractivity contribution in [1.82, 2.24) is 4.98 Å². The van der Waals surface area contributed by atoms with Crippen LogP contribution in [-0.4, -0.2) is 11.0 Å². The maximum atomic E-state index is 13.4. The van der Waals surface area contributed by atoms with Gasteiger partial charge >= 0.3 is 0 Å². The molecule has 1 unspecified atom stereocenters. The standard InChI is InChI=1S/C9H15FN2S/c1-6(11)4-7-5-12-8(13-7)9(2,3)10/h5-6H,4,11H2,1-3H3. The van der Waals surface area contributed by atoms with Gasteiger partial charge in [0.25, 0.3) is 0 Å². The molecule has 74 valence electrons. The first-order chi connectivity index (χ1) is 5.89. The van der Waals surface area contributed by atoms with E-state index >= 15 is 0 Å². The molecular weight excluding hydrogens is 187 g/mol. The lowest BCUT2D eigenvalue weighted by Gasteiger charge is -2.08. The molecule has 0 saturated heterocycles. The van der Waals surface area contributed by atoms with Gasteiger partial charge in [0.1, 0.15) is 5.01 Å². The third-order valence-corrected chi connectivity index (χ3v) is 2.90. The lowest BCUT2D eigenvalue weighted by molar-refractivity contribution is 0.220. The van der Waals surface area contributed by atoms with E-state index in [4.69, 9.17) is 5.73 Å². The van der Waals surface area contributed by atoms with E-state index in [9.17, 15) is 4.39 Å². The van der Waals surface area contributed by atoms with Crippen LogP contribution in [0.4, 0.5) is 4.39 Å². The lowest BCUT2D eigenvalue weighted by atomic mass is 10.2. The van der Waals surface area contributed by atoms with Crippen molar-refractivity contribution in [2.45, 2.75) is 38.9 Å². The first-order valence-electron chi connectivity index (χ1n) is 4.29. The largest absolute Gasteiger partial charge is 0.328 e. The second-order valence-electron chi connectivity index (χ2n) is 3.79. The average molecular weight is 202 g/mol. The highest BCUT2D eigenvalue weighted by atomic mass is 32.1. The predicted molar refractivity (Wildman–Crippen MR) is 53.6 cm³/mol. The summed E-state index contributed by atoms with van der Waals surface area (Å²) in [6, 6.07) is 0.107. The van der Waals surface area contributed by atoms with Crippen LogP contribution >= 0.6 is 11.3 Å². The first kappa shape index (κ1) is 10.6. The Bertz CT molecular complexity index is 275. The van der Waals surface area contributed by atoms with Crippen molar-refractivity contribution in [2.75, 3.05) is 0 Å². The molecule has 1 aromatic rings. The highest BCUT2D eigenvalue weighted by Crippen LogP contribution is 2.28. The predicted octanol–water partition coefficient (Wildman–Crippen LogP) is 2.24. The Morgan fingerprint density at radius 2 is 2.31 bits per heavy atom. The molecule has 2 N–H and O–H groups in total. The van der Waals surface area contributed by atoms with Crippen molar-refractivity contribution in [3.05, 3.63) is 16.1 Å². The molecule has 0 fully saturated rings. The molecule has 0 amide bonds. The van der Waals surface area contributed by atoms with Crippen LogP contribution in [0.25, 0.3) is 0 Å². The van der Waals surface area contributed by atoms with Gasteiger partial charge in [0.15, 0.2) is 5.67 Å². The Labute approximate surface area is 82.0 Å². The third kappa shape index (κ3) is 3.04. The van der Waals surface area contributed by atoms with Gasteiger partial charge in [-0.1, -0.05) is 0 Å². The van der Waals surface area contributed by atoms with Crippen molar-refractivity contribution in [3.63, 3.8) is 0 Å². The number of halogens is 1. The van der Waals surface area contributed by atoms with Crippen molar-refractivity contribution < 1.29 is 4.39 Å². The zero-order valence-corrected chi connectivity index (χ0v) is 8.99. The fourth-order valence-electron chi connectivity index (χ4n) is 0.994. The molecule has 0 aliphatic rings. The van der Waals surface area contributed by atoms with Crippen molar-refractivity contribution in [1.29, 1.82) is 0 Å².